The number of fused-ring (bicyclic) bond motifs is 5. The molecule has 200 valence electrons. The lowest BCUT2D eigenvalue weighted by Gasteiger charge is -2.61. The van der Waals surface area contributed by atoms with Gasteiger partial charge in [0.25, 0.3) is 0 Å². The predicted octanol–water partition coefficient (Wildman–Crippen LogP) is 0.825. The highest BCUT2D eigenvalue weighted by Crippen LogP contribution is 2.68. The van der Waals surface area contributed by atoms with E-state index in [2.05, 4.69) is 0 Å². The third-order valence-electron chi connectivity index (χ3n) is 10.7. The van der Waals surface area contributed by atoms with Crippen molar-refractivity contribution in [3.63, 3.8) is 0 Å². The number of hydrogen-bond acceptors (Lipinski definition) is 8. The normalized spacial score (nSPS) is 48.3. The molecule has 0 bridgehead atoms. The highest BCUT2D eigenvalue weighted by molar-refractivity contribution is 5.95. The first-order valence-corrected chi connectivity index (χ1v) is 13.1. The summed E-state index contributed by atoms with van der Waals surface area (Å²) in [5.74, 6) is -1.73. The maximum absolute atomic E-state index is 13.3. The molecule has 4 aliphatic carbocycles. The van der Waals surface area contributed by atoms with Crippen LogP contribution in [-0.4, -0.2) is 82.7 Å². The van der Waals surface area contributed by atoms with Gasteiger partial charge in [0.05, 0.1) is 35.1 Å². The largest absolute Gasteiger partial charge is 0.390 e. The minimum Gasteiger partial charge on any atom is -0.390 e. The van der Waals surface area contributed by atoms with Gasteiger partial charge in [-0.1, -0.05) is 13.8 Å². The summed E-state index contributed by atoms with van der Waals surface area (Å²) in [4.78, 5) is 13.3. The Morgan fingerprint density at radius 3 is 2.29 bits per heavy atom. The molecule has 8 nitrogen and oxygen atoms in total. The SMILES string of the molecule is CC(C)(O)CC[C@@H](O)[C@](C)(O)[C@H]1CC[C@@]2(O)C3=CC(=O)[C@@H]4C[C@@H](O)[C@@H](O)[C@H](O)[C@]4(C)[C@H]3CC[C@]12C. The topological polar surface area (TPSA) is 159 Å². The van der Waals surface area contributed by atoms with Gasteiger partial charge in [0.15, 0.2) is 5.78 Å². The molecule has 0 unspecified atom stereocenters. The molecule has 0 amide bonds. The second-order valence-electron chi connectivity index (χ2n) is 13.2. The van der Waals surface area contributed by atoms with Crippen molar-refractivity contribution in [1.82, 2.24) is 0 Å². The average Bonchev–Trinajstić information content (AvgIpc) is 3.04. The molecule has 0 aromatic rings. The van der Waals surface area contributed by atoms with E-state index >= 15 is 0 Å². The van der Waals surface area contributed by atoms with E-state index in [4.69, 9.17) is 0 Å². The molecule has 7 N–H and O–H groups in total. The fourth-order valence-corrected chi connectivity index (χ4v) is 8.35. The van der Waals surface area contributed by atoms with Gasteiger partial charge in [-0.15, -0.1) is 0 Å². The monoisotopic (exact) mass is 496 g/mol. The van der Waals surface area contributed by atoms with Gasteiger partial charge in [-0.3, -0.25) is 4.79 Å². The first kappa shape index (κ1) is 27.2. The number of ketones is 1. The van der Waals surface area contributed by atoms with Crippen LogP contribution < -0.4 is 0 Å². The molecule has 0 heterocycles. The summed E-state index contributed by atoms with van der Waals surface area (Å²) < 4.78 is 0. The van der Waals surface area contributed by atoms with Crippen LogP contribution in [0.1, 0.15) is 79.6 Å². The zero-order valence-corrected chi connectivity index (χ0v) is 21.6. The van der Waals surface area contributed by atoms with Gasteiger partial charge in [-0.05, 0) is 89.2 Å². The van der Waals surface area contributed by atoms with Crippen LogP contribution in [-0.2, 0) is 4.79 Å². The van der Waals surface area contributed by atoms with Crippen LogP contribution in [0, 0.1) is 28.6 Å². The van der Waals surface area contributed by atoms with Crippen molar-refractivity contribution in [1.29, 1.82) is 0 Å². The molecular weight excluding hydrogens is 452 g/mol. The molecule has 0 aromatic heterocycles. The minimum atomic E-state index is -1.52. The predicted molar refractivity (Wildman–Crippen MR) is 128 cm³/mol. The maximum atomic E-state index is 13.3. The first-order chi connectivity index (χ1) is 15.9. The summed E-state index contributed by atoms with van der Waals surface area (Å²) >= 11 is 0. The molecule has 11 atom stereocenters. The molecule has 0 aromatic carbocycles. The number of aliphatic hydroxyl groups is 7. The van der Waals surface area contributed by atoms with Crippen LogP contribution in [0.15, 0.2) is 11.6 Å². The number of hydrogen-bond donors (Lipinski definition) is 7. The quantitative estimate of drug-likeness (QED) is 0.295. The Hall–Kier alpha value is -0.870. The van der Waals surface area contributed by atoms with E-state index in [-0.39, 0.29) is 24.5 Å². The van der Waals surface area contributed by atoms with Gasteiger partial charge in [0.1, 0.15) is 6.10 Å². The number of carbonyl (C=O) groups is 1. The average molecular weight is 497 g/mol. The molecule has 4 rings (SSSR count). The van der Waals surface area contributed by atoms with Crippen molar-refractivity contribution in [3.8, 4) is 0 Å². The van der Waals surface area contributed by atoms with E-state index in [9.17, 15) is 40.5 Å². The van der Waals surface area contributed by atoms with Gasteiger partial charge < -0.3 is 35.7 Å². The second kappa shape index (κ2) is 8.32. The summed E-state index contributed by atoms with van der Waals surface area (Å²) in [5, 5.41) is 76.6. The number of allylic oxidation sites excluding steroid dienone is 1. The lowest BCUT2D eigenvalue weighted by atomic mass is 9.45. The molecule has 0 aliphatic heterocycles. The highest BCUT2D eigenvalue weighted by atomic mass is 16.4. The summed E-state index contributed by atoms with van der Waals surface area (Å²) in [6.07, 6.45) is -1.09. The fourth-order valence-electron chi connectivity index (χ4n) is 8.35. The third-order valence-corrected chi connectivity index (χ3v) is 10.7. The van der Waals surface area contributed by atoms with Crippen LogP contribution >= 0.6 is 0 Å². The van der Waals surface area contributed by atoms with Gasteiger partial charge in [0, 0.05) is 16.7 Å². The van der Waals surface area contributed by atoms with Crippen LogP contribution in [0.3, 0.4) is 0 Å². The summed E-state index contributed by atoms with van der Waals surface area (Å²) in [7, 11) is 0. The van der Waals surface area contributed by atoms with Gasteiger partial charge in [-0.25, -0.2) is 0 Å². The highest BCUT2D eigenvalue weighted by Gasteiger charge is 2.70. The van der Waals surface area contributed by atoms with Crippen LogP contribution in [0.4, 0.5) is 0 Å². The van der Waals surface area contributed by atoms with Gasteiger partial charge in [-0.2, -0.15) is 0 Å². The lowest BCUT2D eigenvalue weighted by Crippen LogP contribution is -2.66. The van der Waals surface area contributed by atoms with Crippen molar-refractivity contribution in [3.05, 3.63) is 11.6 Å². The Balaban J connectivity index is 1.69. The summed E-state index contributed by atoms with van der Waals surface area (Å²) in [6, 6.07) is 0. The zero-order valence-electron chi connectivity index (χ0n) is 21.6. The van der Waals surface area contributed by atoms with Gasteiger partial charge in [0.2, 0.25) is 0 Å². The third kappa shape index (κ3) is 3.78. The van der Waals surface area contributed by atoms with E-state index in [1.165, 1.54) is 6.08 Å². The zero-order chi connectivity index (χ0) is 26.4. The molecule has 35 heavy (non-hydrogen) atoms. The Bertz CT molecular complexity index is 892. The minimum absolute atomic E-state index is 0.0638. The second-order valence-corrected chi connectivity index (χ2v) is 13.2. The number of carbonyl (C=O) groups excluding carboxylic acids is 1. The van der Waals surface area contributed by atoms with E-state index < -0.39 is 63.9 Å². The van der Waals surface area contributed by atoms with Gasteiger partial charge >= 0.3 is 0 Å². The van der Waals surface area contributed by atoms with E-state index in [0.717, 1.165) is 0 Å². The molecule has 3 saturated carbocycles. The summed E-state index contributed by atoms with van der Waals surface area (Å²) in [6.45, 7) is 8.59. The van der Waals surface area contributed by atoms with Crippen molar-refractivity contribution in [2.24, 2.45) is 28.6 Å². The van der Waals surface area contributed by atoms with Crippen LogP contribution in [0.2, 0.25) is 0 Å². The molecule has 0 spiro atoms. The maximum Gasteiger partial charge on any atom is 0.159 e. The Labute approximate surface area is 207 Å². The summed E-state index contributed by atoms with van der Waals surface area (Å²) in [5.41, 5.74) is -5.21. The molecule has 0 radical (unpaired) electrons. The van der Waals surface area contributed by atoms with E-state index in [0.29, 0.717) is 37.7 Å². The molecule has 0 saturated heterocycles. The Morgan fingerprint density at radius 2 is 1.69 bits per heavy atom. The number of aliphatic hydroxyl groups excluding tert-OH is 4. The van der Waals surface area contributed by atoms with Crippen molar-refractivity contribution in [2.75, 3.05) is 0 Å². The van der Waals surface area contributed by atoms with Crippen LogP contribution in [0.25, 0.3) is 0 Å². The Kier molecular flexibility index (Phi) is 6.46. The smallest absolute Gasteiger partial charge is 0.159 e. The molecule has 4 aliphatic rings. The first-order valence-electron chi connectivity index (χ1n) is 13.1. The molecular formula is C27H44O8. The number of rotatable bonds is 5. The Morgan fingerprint density at radius 1 is 1.06 bits per heavy atom. The lowest BCUT2D eigenvalue weighted by molar-refractivity contribution is -0.205. The van der Waals surface area contributed by atoms with Crippen LogP contribution in [0.5, 0.6) is 0 Å². The van der Waals surface area contributed by atoms with E-state index in [1.807, 2.05) is 6.92 Å². The fraction of sp³-hybridized carbons (Fsp3) is 0.889. The standard InChI is InChI=1S/C27H44O8/c1-23(2,33)9-8-20(30)26(5,34)19-7-11-27(35)15-12-17(28)16-13-18(29)21(31)22(32)25(16,4)14(15)6-10-24(19,27)3/h12,14,16,18-22,29-35H,6-11,13H2,1-5H3/t14-,16-,18+,19-,20+,21+,22-,24+,25+,26+,27+/m0/s1. The van der Waals surface area contributed by atoms with Crippen molar-refractivity contribution < 1.29 is 40.5 Å². The van der Waals surface area contributed by atoms with Crippen molar-refractivity contribution >= 4 is 5.78 Å². The van der Waals surface area contributed by atoms with Crippen molar-refractivity contribution in [2.45, 2.75) is 121 Å². The van der Waals surface area contributed by atoms with E-state index in [1.54, 1.807) is 27.7 Å². The molecule has 3 fully saturated rings. The molecule has 8 heteroatoms.